The van der Waals surface area contributed by atoms with Crippen LogP contribution in [0.2, 0.25) is 0 Å². The van der Waals surface area contributed by atoms with Crippen LogP contribution in [0.3, 0.4) is 0 Å². The van der Waals surface area contributed by atoms with Crippen molar-refractivity contribution >= 4 is 22.8 Å². The van der Waals surface area contributed by atoms with Crippen LogP contribution in [0.15, 0.2) is 82.8 Å². The molecular formula is C25H32N2Ni. The number of rotatable bonds is 11. The molecule has 3 heteroatoms. The predicted molar refractivity (Wildman–Crippen MR) is 120 cm³/mol. The zero-order valence-electron chi connectivity index (χ0n) is 17.1. The van der Waals surface area contributed by atoms with Gasteiger partial charge in [-0.2, -0.15) is 0 Å². The maximum absolute atomic E-state index is 4.97. The van der Waals surface area contributed by atoms with E-state index in [1.165, 1.54) is 19.3 Å². The second kappa shape index (κ2) is 15.0. The van der Waals surface area contributed by atoms with E-state index < -0.39 is 0 Å². The first-order chi connectivity index (χ1) is 13.3. The molecule has 0 fully saturated rings. The Balaban J connectivity index is 0.00000392. The normalized spacial score (nSPS) is 12.2. The molecule has 0 bridgehead atoms. The third-order valence-corrected chi connectivity index (χ3v) is 4.32. The van der Waals surface area contributed by atoms with Crippen LogP contribution >= 0.6 is 0 Å². The van der Waals surface area contributed by atoms with Crippen LogP contribution < -0.4 is 0 Å². The molecule has 2 nitrogen and oxygen atoms in total. The van der Waals surface area contributed by atoms with E-state index in [2.05, 4.69) is 38.1 Å². The second-order valence-corrected chi connectivity index (χ2v) is 6.73. The third kappa shape index (κ3) is 9.28. The molecule has 0 aliphatic heterocycles. The van der Waals surface area contributed by atoms with Crippen LogP contribution in [-0.2, 0) is 16.5 Å². The summed E-state index contributed by atoms with van der Waals surface area (Å²) in [6, 6.07) is 20.4. The Morgan fingerprint density at radius 1 is 0.750 bits per heavy atom. The van der Waals surface area contributed by atoms with Gasteiger partial charge >= 0.3 is 0 Å². The molecule has 0 saturated heterocycles. The van der Waals surface area contributed by atoms with Gasteiger partial charge < -0.3 is 0 Å². The SMILES string of the molecule is CCC/C=C/C(=N\c1ccccc1)C(/CCCCCC)=N/c1ccccc1.[Ni]. The summed E-state index contributed by atoms with van der Waals surface area (Å²) in [5.74, 6) is 0. The summed E-state index contributed by atoms with van der Waals surface area (Å²) in [5.41, 5.74) is 4.03. The van der Waals surface area contributed by atoms with E-state index in [1.54, 1.807) is 0 Å². The standard InChI is InChI=1S/C25H32N2.Ni/c1-3-5-7-15-21-25(27-23-18-13-9-14-19-23)24(20-10-6-4-2)26-22-16-11-8-12-17-22;/h8-14,16-20H,3-7,15,21H2,1-2H3;/b20-10+,26-24+,27-25+;. The Labute approximate surface area is 180 Å². The minimum absolute atomic E-state index is 0. The Morgan fingerprint density at radius 3 is 1.93 bits per heavy atom. The van der Waals surface area contributed by atoms with Gasteiger partial charge in [0.1, 0.15) is 0 Å². The van der Waals surface area contributed by atoms with Gasteiger partial charge in [-0.05, 0) is 49.6 Å². The van der Waals surface area contributed by atoms with Gasteiger partial charge in [0.05, 0.1) is 22.8 Å². The minimum Gasteiger partial charge on any atom is -0.251 e. The Kier molecular flexibility index (Phi) is 12.9. The molecule has 0 saturated carbocycles. The predicted octanol–water partition coefficient (Wildman–Crippen LogP) is 7.86. The van der Waals surface area contributed by atoms with Crippen LogP contribution in [0.4, 0.5) is 11.4 Å². The number of hydrogen-bond acceptors (Lipinski definition) is 2. The second-order valence-electron chi connectivity index (χ2n) is 6.73. The smallest absolute Gasteiger partial charge is 0.0848 e. The molecule has 0 amide bonds. The fourth-order valence-electron chi connectivity index (χ4n) is 2.82. The van der Waals surface area contributed by atoms with E-state index in [4.69, 9.17) is 9.98 Å². The number of para-hydroxylation sites is 2. The monoisotopic (exact) mass is 418 g/mol. The Bertz CT molecular complexity index is 734. The van der Waals surface area contributed by atoms with Crippen molar-refractivity contribution in [1.82, 2.24) is 0 Å². The largest absolute Gasteiger partial charge is 0.251 e. The minimum atomic E-state index is 0. The summed E-state index contributed by atoms with van der Waals surface area (Å²) < 4.78 is 0. The van der Waals surface area contributed by atoms with E-state index in [1.807, 2.05) is 48.5 Å². The molecule has 2 aromatic carbocycles. The maximum atomic E-state index is 4.97. The van der Waals surface area contributed by atoms with Crippen LogP contribution in [0.5, 0.6) is 0 Å². The van der Waals surface area contributed by atoms with Gasteiger partial charge in [-0.1, -0.05) is 82.0 Å². The molecule has 0 radical (unpaired) electrons. The summed E-state index contributed by atoms with van der Waals surface area (Å²) in [6.07, 6.45) is 12.4. The number of aliphatic imine (C=N–C) groups is 2. The molecule has 0 atom stereocenters. The van der Waals surface area contributed by atoms with Crippen LogP contribution in [0, 0.1) is 0 Å². The van der Waals surface area contributed by atoms with Crippen molar-refractivity contribution in [2.75, 3.05) is 0 Å². The van der Waals surface area contributed by atoms with Crippen molar-refractivity contribution in [3.05, 3.63) is 72.8 Å². The van der Waals surface area contributed by atoms with Gasteiger partial charge in [-0.25, -0.2) is 4.99 Å². The third-order valence-electron chi connectivity index (χ3n) is 4.32. The summed E-state index contributed by atoms with van der Waals surface area (Å²) >= 11 is 0. The van der Waals surface area contributed by atoms with Crippen LogP contribution in [0.25, 0.3) is 0 Å². The molecule has 0 aliphatic rings. The number of allylic oxidation sites excluding steroid dienone is 2. The fraction of sp³-hybridized carbons (Fsp3) is 0.360. The zero-order valence-corrected chi connectivity index (χ0v) is 18.1. The molecule has 2 rings (SSSR count). The summed E-state index contributed by atoms with van der Waals surface area (Å²) in [6.45, 7) is 4.44. The Hall–Kier alpha value is -1.99. The van der Waals surface area contributed by atoms with E-state index in [0.717, 1.165) is 48.5 Å². The van der Waals surface area contributed by atoms with E-state index in [9.17, 15) is 0 Å². The van der Waals surface area contributed by atoms with Crippen molar-refractivity contribution in [2.24, 2.45) is 9.98 Å². The number of hydrogen-bond donors (Lipinski definition) is 0. The van der Waals surface area contributed by atoms with Gasteiger partial charge in [-0.3, -0.25) is 4.99 Å². The molecule has 0 unspecified atom stereocenters. The van der Waals surface area contributed by atoms with Gasteiger partial charge in [0.2, 0.25) is 0 Å². The first kappa shape index (κ1) is 24.1. The molecule has 0 aliphatic carbocycles. The maximum Gasteiger partial charge on any atom is 0.0848 e. The average molecular weight is 419 g/mol. The average Bonchev–Trinajstić information content (AvgIpc) is 2.71. The van der Waals surface area contributed by atoms with Crippen LogP contribution in [0.1, 0.15) is 58.8 Å². The summed E-state index contributed by atoms with van der Waals surface area (Å²) in [7, 11) is 0. The fourth-order valence-corrected chi connectivity index (χ4v) is 2.82. The molecule has 2 aromatic rings. The Morgan fingerprint density at radius 2 is 1.36 bits per heavy atom. The molecule has 0 heterocycles. The molecule has 28 heavy (non-hydrogen) atoms. The van der Waals surface area contributed by atoms with Crippen LogP contribution in [-0.4, -0.2) is 11.4 Å². The zero-order chi connectivity index (χ0) is 19.2. The number of benzene rings is 2. The van der Waals surface area contributed by atoms with Gasteiger partial charge in [0, 0.05) is 16.5 Å². The van der Waals surface area contributed by atoms with Crippen molar-refractivity contribution in [1.29, 1.82) is 0 Å². The number of nitrogens with zero attached hydrogens (tertiary/aromatic N) is 2. The topological polar surface area (TPSA) is 24.7 Å². The molecule has 152 valence electrons. The van der Waals surface area contributed by atoms with Crippen molar-refractivity contribution in [3.63, 3.8) is 0 Å². The van der Waals surface area contributed by atoms with Gasteiger partial charge in [-0.15, -0.1) is 0 Å². The van der Waals surface area contributed by atoms with Crippen molar-refractivity contribution < 1.29 is 16.5 Å². The summed E-state index contributed by atoms with van der Waals surface area (Å²) in [5, 5.41) is 0. The van der Waals surface area contributed by atoms with Gasteiger partial charge in [0.15, 0.2) is 0 Å². The number of unbranched alkanes of at least 4 members (excludes halogenated alkanes) is 4. The van der Waals surface area contributed by atoms with Crippen molar-refractivity contribution in [3.8, 4) is 0 Å². The molecular weight excluding hydrogens is 387 g/mol. The quantitative estimate of drug-likeness (QED) is 0.201. The first-order valence-electron chi connectivity index (χ1n) is 10.3. The first-order valence-corrected chi connectivity index (χ1v) is 10.3. The van der Waals surface area contributed by atoms with E-state index in [-0.39, 0.29) is 16.5 Å². The van der Waals surface area contributed by atoms with Crippen molar-refractivity contribution in [2.45, 2.75) is 58.8 Å². The van der Waals surface area contributed by atoms with E-state index >= 15 is 0 Å². The summed E-state index contributed by atoms with van der Waals surface area (Å²) in [4.78, 5) is 9.89. The molecule has 0 aromatic heterocycles. The molecule has 0 spiro atoms. The molecule has 0 N–H and O–H groups in total. The van der Waals surface area contributed by atoms with Gasteiger partial charge in [0.25, 0.3) is 0 Å². The van der Waals surface area contributed by atoms with E-state index in [0.29, 0.717) is 0 Å².